The van der Waals surface area contributed by atoms with E-state index >= 15 is 0 Å². The third kappa shape index (κ3) is 3.37. The molecule has 7 heteroatoms. The molecule has 122 valence electrons. The van der Waals surface area contributed by atoms with E-state index in [9.17, 15) is 4.79 Å². The quantitative estimate of drug-likeness (QED) is 0.866. The van der Waals surface area contributed by atoms with Gasteiger partial charge in [-0.2, -0.15) is 5.10 Å². The summed E-state index contributed by atoms with van der Waals surface area (Å²) >= 11 is 6.16. The molecule has 1 aliphatic rings. The Kier molecular flexibility index (Phi) is 4.61. The first-order valence-electron chi connectivity index (χ1n) is 7.87. The maximum atomic E-state index is 12.8. The highest BCUT2D eigenvalue weighted by molar-refractivity contribution is 6.33. The van der Waals surface area contributed by atoms with Crippen LogP contribution in [0.2, 0.25) is 5.02 Å². The van der Waals surface area contributed by atoms with Gasteiger partial charge in [-0.05, 0) is 18.9 Å². The van der Waals surface area contributed by atoms with Crippen molar-refractivity contribution in [3.8, 4) is 0 Å². The Labute approximate surface area is 140 Å². The minimum absolute atomic E-state index is 0.129. The number of amides is 1. The van der Waals surface area contributed by atoms with Crippen LogP contribution in [-0.4, -0.2) is 43.6 Å². The van der Waals surface area contributed by atoms with Gasteiger partial charge in [0.05, 0.1) is 17.3 Å². The number of carbonyl (C=O) groups excluding carboxylic acids is 1. The second-order valence-corrected chi connectivity index (χ2v) is 6.52. The van der Waals surface area contributed by atoms with Crippen molar-refractivity contribution in [1.82, 2.24) is 24.6 Å². The lowest BCUT2D eigenvalue weighted by Crippen LogP contribution is -2.41. The molecule has 0 bridgehead atoms. The molecule has 1 fully saturated rings. The third-order valence-electron chi connectivity index (χ3n) is 4.06. The van der Waals surface area contributed by atoms with Gasteiger partial charge in [0.1, 0.15) is 5.82 Å². The Morgan fingerprint density at radius 2 is 2.26 bits per heavy atom. The Morgan fingerprint density at radius 1 is 1.43 bits per heavy atom. The minimum atomic E-state index is -0.129. The first-order valence-corrected chi connectivity index (χ1v) is 8.25. The molecule has 0 N–H and O–H groups in total. The van der Waals surface area contributed by atoms with Gasteiger partial charge >= 0.3 is 0 Å². The van der Waals surface area contributed by atoms with Gasteiger partial charge in [-0.3, -0.25) is 9.48 Å². The van der Waals surface area contributed by atoms with Crippen LogP contribution in [0.1, 0.15) is 55.0 Å². The molecule has 1 amide bonds. The molecule has 3 rings (SSSR count). The Balaban J connectivity index is 1.81. The molecular formula is C16H20ClN5O. The molecule has 0 spiro atoms. The van der Waals surface area contributed by atoms with Crippen molar-refractivity contribution in [2.75, 3.05) is 13.1 Å². The molecule has 2 aromatic heterocycles. The largest absolute Gasteiger partial charge is 0.335 e. The number of piperidine rings is 1. The lowest BCUT2D eigenvalue weighted by Gasteiger charge is -2.32. The second kappa shape index (κ2) is 6.66. The van der Waals surface area contributed by atoms with Gasteiger partial charge in [-0.15, -0.1) is 0 Å². The van der Waals surface area contributed by atoms with Crippen LogP contribution < -0.4 is 0 Å². The van der Waals surface area contributed by atoms with E-state index in [1.54, 1.807) is 6.20 Å². The van der Waals surface area contributed by atoms with Crippen LogP contribution in [0.4, 0.5) is 0 Å². The third-order valence-corrected chi connectivity index (χ3v) is 4.34. The summed E-state index contributed by atoms with van der Waals surface area (Å²) in [5.74, 6) is 0.659. The molecule has 3 heterocycles. The molecular weight excluding hydrogens is 314 g/mol. The lowest BCUT2D eigenvalue weighted by molar-refractivity contribution is 0.0666. The van der Waals surface area contributed by atoms with Crippen molar-refractivity contribution in [3.05, 3.63) is 41.2 Å². The first kappa shape index (κ1) is 15.9. The molecule has 0 aliphatic carbocycles. The summed E-state index contributed by atoms with van der Waals surface area (Å²) in [7, 11) is 0. The topological polar surface area (TPSA) is 63.9 Å². The van der Waals surface area contributed by atoms with E-state index in [0.29, 0.717) is 29.6 Å². The van der Waals surface area contributed by atoms with Gasteiger partial charge in [0.2, 0.25) is 0 Å². The van der Waals surface area contributed by atoms with Gasteiger partial charge in [0.15, 0.2) is 5.69 Å². The number of rotatable bonds is 3. The number of nitrogens with zero attached hydrogens (tertiary/aromatic N) is 5. The van der Waals surface area contributed by atoms with Crippen LogP contribution in [-0.2, 0) is 0 Å². The van der Waals surface area contributed by atoms with Gasteiger partial charge in [0.25, 0.3) is 5.91 Å². The number of carbonyl (C=O) groups is 1. The van der Waals surface area contributed by atoms with Crippen LogP contribution in [0.3, 0.4) is 0 Å². The maximum Gasteiger partial charge on any atom is 0.274 e. The van der Waals surface area contributed by atoms with Crippen molar-refractivity contribution in [1.29, 1.82) is 0 Å². The average molecular weight is 334 g/mol. The Morgan fingerprint density at radius 3 is 2.96 bits per heavy atom. The van der Waals surface area contributed by atoms with Gasteiger partial charge in [-0.1, -0.05) is 25.4 Å². The highest BCUT2D eigenvalue weighted by Gasteiger charge is 2.28. The number of hydrogen-bond acceptors (Lipinski definition) is 4. The predicted molar refractivity (Wildman–Crippen MR) is 87.5 cm³/mol. The van der Waals surface area contributed by atoms with E-state index in [0.717, 1.165) is 12.8 Å². The maximum absolute atomic E-state index is 12.8. The lowest BCUT2D eigenvalue weighted by atomic mass is 10.1. The zero-order chi connectivity index (χ0) is 16.4. The zero-order valence-electron chi connectivity index (χ0n) is 13.3. The highest BCUT2D eigenvalue weighted by atomic mass is 35.5. The second-order valence-electron chi connectivity index (χ2n) is 6.11. The molecule has 2 aromatic rings. The van der Waals surface area contributed by atoms with Crippen molar-refractivity contribution < 1.29 is 4.79 Å². The smallest absolute Gasteiger partial charge is 0.274 e. The van der Waals surface area contributed by atoms with E-state index in [2.05, 4.69) is 15.1 Å². The first-order chi connectivity index (χ1) is 11.1. The van der Waals surface area contributed by atoms with Gasteiger partial charge < -0.3 is 4.90 Å². The van der Waals surface area contributed by atoms with Crippen molar-refractivity contribution in [3.63, 3.8) is 0 Å². The highest BCUT2D eigenvalue weighted by Crippen LogP contribution is 2.24. The van der Waals surface area contributed by atoms with Crippen LogP contribution >= 0.6 is 11.6 Å². The summed E-state index contributed by atoms with van der Waals surface area (Å²) in [4.78, 5) is 23.2. The Hall–Kier alpha value is -1.95. The van der Waals surface area contributed by atoms with Gasteiger partial charge in [-0.25, -0.2) is 9.97 Å². The number of halogens is 1. The standard InChI is InChI=1S/C16H20ClN5O/c1-11(2)15-18-9-13(17)14(20-15)16(23)21-7-3-5-12(10-21)22-8-4-6-19-22/h4,6,8-9,11-12H,3,5,7,10H2,1-2H3/t12-/m0/s1. The van der Waals surface area contributed by atoms with Crippen LogP contribution in [0, 0.1) is 0 Å². The summed E-state index contributed by atoms with van der Waals surface area (Å²) in [5, 5.41) is 4.59. The summed E-state index contributed by atoms with van der Waals surface area (Å²) in [6.07, 6.45) is 7.17. The van der Waals surface area contributed by atoms with E-state index in [4.69, 9.17) is 11.6 Å². The normalized spacial score (nSPS) is 18.4. The number of likely N-dealkylation sites (tertiary alicyclic amines) is 1. The molecule has 0 radical (unpaired) electrons. The van der Waals surface area contributed by atoms with Crippen molar-refractivity contribution in [2.24, 2.45) is 0 Å². The SMILES string of the molecule is CC(C)c1ncc(Cl)c(C(=O)N2CCC[C@H](n3cccn3)C2)n1. The number of hydrogen-bond donors (Lipinski definition) is 0. The van der Waals surface area contributed by atoms with Crippen molar-refractivity contribution in [2.45, 2.75) is 38.6 Å². The summed E-state index contributed by atoms with van der Waals surface area (Å²) in [5.41, 5.74) is 0.298. The van der Waals surface area contributed by atoms with Crippen LogP contribution in [0.5, 0.6) is 0 Å². The van der Waals surface area contributed by atoms with Gasteiger partial charge in [0, 0.05) is 31.4 Å². The van der Waals surface area contributed by atoms with Crippen molar-refractivity contribution >= 4 is 17.5 Å². The zero-order valence-corrected chi connectivity index (χ0v) is 14.1. The monoisotopic (exact) mass is 333 g/mol. The Bertz CT molecular complexity index is 686. The summed E-state index contributed by atoms with van der Waals surface area (Å²) in [6.45, 7) is 5.32. The fourth-order valence-corrected chi connectivity index (χ4v) is 2.98. The molecule has 23 heavy (non-hydrogen) atoms. The molecule has 0 saturated carbocycles. The molecule has 1 atom stereocenters. The predicted octanol–water partition coefficient (Wildman–Crippen LogP) is 2.93. The molecule has 0 aromatic carbocycles. The average Bonchev–Trinajstić information content (AvgIpc) is 3.09. The molecule has 6 nitrogen and oxygen atoms in total. The molecule has 1 aliphatic heterocycles. The van der Waals surface area contributed by atoms with E-state index in [1.165, 1.54) is 6.20 Å². The van der Waals surface area contributed by atoms with E-state index in [-0.39, 0.29) is 17.9 Å². The van der Waals surface area contributed by atoms with E-state index < -0.39 is 0 Å². The molecule has 1 saturated heterocycles. The molecule has 0 unspecified atom stereocenters. The summed E-state index contributed by atoms with van der Waals surface area (Å²) in [6, 6.07) is 2.10. The summed E-state index contributed by atoms with van der Waals surface area (Å²) < 4.78 is 1.92. The minimum Gasteiger partial charge on any atom is -0.335 e. The number of aromatic nitrogens is 4. The van der Waals surface area contributed by atoms with Crippen LogP contribution in [0.15, 0.2) is 24.7 Å². The van der Waals surface area contributed by atoms with Crippen LogP contribution in [0.25, 0.3) is 0 Å². The fourth-order valence-electron chi connectivity index (χ4n) is 2.81. The fraction of sp³-hybridized carbons (Fsp3) is 0.500. The van der Waals surface area contributed by atoms with E-state index in [1.807, 2.05) is 35.7 Å².